The fraction of sp³-hybridized carbons (Fsp3) is 0.500. The SMILES string of the molecule is C[CH-]Cc1c(C)c(C)c(C)c(C)c1C.[U]. The van der Waals surface area contributed by atoms with Crippen LogP contribution >= 0.6 is 0 Å². The van der Waals surface area contributed by atoms with Crippen LogP contribution < -0.4 is 0 Å². The molecule has 1 aromatic rings. The third kappa shape index (κ3) is 2.89. The van der Waals surface area contributed by atoms with E-state index >= 15 is 0 Å². The van der Waals surface area contributed by atoms with Gasteiger partial charge in [0, 0.05) is 31.1 Å². The van der Waals surface area contributed by atoms with Crippen molar-refractivity contribution in [2.24, 2.45) is 0 Å². The van der Waals surface area contributed by atoms with Gasteiger partial charge >= 0.3 is 0 Å². The molecule has 0 aliphatic rings. The second kappa shape index (κ2) is 6.12. The predicted octanol–water partition coefficient (Wildman–Crippen LogP) is 4.00. The molecule has 0 spiro atoms. The molecule has 0 bridgehead atoms. The summed E-state index contributed by atoms with van der Waals surface area (Å²) in [5.41, 5.74) is 8.86. The maximum Gasteiger partial charge on any atom is 0 e. The van der Waals surface area contributed by atoms with Crippen LogP contribution in [-0.4, -0.2) is 0 Å². The summed E-state index contributed by atoms with van der Waals surface area (Å²) in [6, 6.07) is 0. The van der Waals surface area contributed by atoms with Crippen LogP contribution in [0.2, 0.25) is 0 Å². The smallest absolute Gasteiger partial charge is 0 e. The van der Waals surface area contributed by atoms with Crippen molar-refractivity contribution in [3.8, 4) is 0 Å². The Morgan fingerprint density at radius 1 is 0.733 bits per heavy atom. The summed E-state index contributed by atoms with van der Waals surface area (Å²) in [4.78, 5) is 0. The zero-order valence-corrected chi connectivity index (χ0v) is 14.9. The first-order valence-corrected chi connectivity index (χ1v) is 5.34. The molecule has 82 valence electrons. The minimum Gasteiger partial charge on any atom is -0.327 e. The second-order valence-electron chi connectivity index (χ2n) is 4.22. The van der Waals surface area contributed by atoms with Crippen LogP contribution in [0.3, 0.4) is 0 Å². The maximum absolute atomic E-state index is 2.24. The van der Waals surface area contributed by atoms with E-state index in [1.54, 1.807) is 0 Å². The summed E-state index contributed by atoms with van der Waals surface area (Å²) in [6.07, 6.45) is 3.34. The summed E-state index contributed by atoms with van der Waals surface area (Å²) in [5.74, 6) is 0. The van der Waals surface area contributed by atoms with Crippen molar-refractivity contribution < 1.29 is 31.1 Å². The van der Waals surface area contributed by atoms with Crippen molar-refractivity contribution in [1.29, 1.82) is 0 Å². The summed E-state index contributed by atoms with van der Waals surface area (Å²) in [6.45, 7) is 13.3. The van der Waals surface area contributed by atoms with Gasteiger partial charge in [-0.3, -0.25) is 0 Å². The second-order valence-corrected chi connectivity index (χ2v) is 4.22. The third-order valence-electron chi connectivity index (χ3n) is 3.56. The van der Waals surface area contributed by atoms with Crippen molar-refractivity contribution in [3.63, 3.8) is 0 Å². The van der Waals surface area contributed by atoms with E-state index in [0.29, 0.717) is 0 Å². The molecular formula is C14H21U-. The standard InChI is InChI=1S/C14H21.U/c1-7-8-14-12(5)10(3)9(2)11(4)13(14)6;/h7H,8H2,1-6H3;/q-1;. The van der Waals surface area contributed by atoms with E-state index in [-0.39, 0.29) is 31.1 Å². The van der Waals surface area contributed by atoms with Gasteiger partial charge in [-0.2, -0.15) is 13.3 Å². The van der Waals surface area contributed by atoms with Crippen molar-refractivity contribution in [2.45, 2.75) is 48.0 Å². The molecule has 0 nitrogen and oxygen atoms in total. The van der Waals surface area contributed by atoms with Crippen LogP contribution in [0, 0.1) is 72.2 Å². The van der Waals surface area contributed by atoms with Crippen molar-refractivity contribution in [3.05, 3.63) is 39.8 Å². The van der Waals surface area contributed by atoms with Gasteiger partial charge in [0.1, 0.15) is 0 Å². The molecule has 15 heavy (non-hydrogen) atoms. The molecule has 0 aliphatic heterocycles. The van der Waals surface area contributed by atoms with E-state index in [4.69, 9.17) is 0 Å². The summed E-state index contributed by atoms with van der Waals surface area (Å²) in [7, 11) is 0. The average Bonchev–Trinajstić information content (AvgIpc) is 2.19. The molecule has 0 radical (unpaired) electrons. The number of benzene rings is 1. The first-order chi connectivity index (χ1) is 6.50. The van der Waals surface area contributed by atoms with Gasteiger partial charge in [0.2, 0.25) is 0 Å². The quantitative estimate of drug-likeness (QED) is 0.627. The van der Waals surface area contributed by atoms with E-state index in [9.17, 15) is 0 Å². The Balaban J connectivity index is 0.00000196. The number of hydrogen-bond donors (Lipinski definition) is 0. The van der Waals surface area contributed by atoms with Gasteiger partial charge in [0.25, 0.3) is 0 Å². The molecule has 1 heteroatoms. The topological polar surface area (TPSA) is 0 Å². The van der Waals surface area contributed by atoms with Crippen LogP contribution in [0.5, 0.6) is 0 Å². The molecular weight excluding hydrogens is 406 g/mol. The van der Waals surface area contributed by atoms with E-state index in [1.165, 1.54) is 33.4 Å². The first kappa shape index (κ1) is 15.3. The van der Waals surface area contributed by atoms with Crippen molar-refractivity contribution in [1.82, 2.24) is 0 Å². The van der Waals surface area contributed by atoms with Crippen LogP contribution in [0.4, 0.5) is 0 Å². The van der Waals surface area contributed by atoms with Gasteiger partial charge in [-0.05, 0) is 62.4 Å². The Bertz CT molecular complexity index is 322. The first-order valence-electron chi connectivity index (χ1n) is 5.34. The molecule has 0 heterocycles. The van der Waals surface area contributed by atoms with Gasteiger partial charge in [-0.25, -0.2) is 0 Å². The minimum absolute atomic E-state index is 0. The monoisotopic (exact) mass is 427 g/mol. The molecule has 0 fully saturated rings. The van der Waals surface area contributed by atoms with Crippen LogP contribution in [0.25, 0.3) is 0 Å². The molecule has 0 aromatic heterocycles. The van der Waals surface area contributed by atoms with E-state index < -0.39 is 0 Å². The Morgan fingerprint density at radius 3 is 1.40 bits per heavy atom. The average molecular weight is 427 g/mol. The van der Waals surface area contributed by atoms with Gasteiger partial charge in [-0.15, -0.1) is 0 Å². The van der Waals surface area contributed by atoms with Gasteiger partial charge in [0.05, 0.1) is 0 Å². The Labute approximate surface area is 118 Å². The van der Waals surface area contributed by atoms with Crippen LogP contribution in [-0.2, 0) is 6.42 Å². The fourth-order valence-electron chi connectivity index (χ4n) is 2.09. The van der Waals surface area contributed by atoms with Gasteiger partial charge in [-0.1, -0.05) is 5.56 Å². The van der Waals surface area contributed by atoms with Gasteiger partial charge < -0.3 is 6.42 Å². The zero-order valence-electron chi connectivity index (χ0n) is 10.8. The van der Waals surface area contributed by atoms with E-state index in [0.717, 1.165) is 6.42 Å². The molecule has 0 atom stereocenters. The van der Waals surface area contributed by atoms with Crippen LogP contribution in [0.1, 0.15) is 40.3 Å². The van der Waals surface area contributed by atoms with Crippen molar-refractivity contribution in [2.75, 3.05) is 0 Å². The minimum atomic E-state index is 0. The molecule has 1 rings (SSSR count). The van der Waals surface area contributed by atoms with E-state index in [2.05, 4.69) is 48.0 Å². The maximum atomic E-state index is 2.24. The summed E-state index contributed by atoms with van der Waals surface area (Å²) >= 11 is 0. The van der Waals surface area contributed by atoms with Gasteiger partial charge in [0.15, 0.2) is 0 Å². The summed E-state index contributed by atoms with van der Waals surface area (Å²) < 4.78 is 0. The summed E-state index contributed by atoms with van der Waals surface area (Å²) in [5, 5.41) is 0. The molecule has 0 unspecified atom stereocenters. The number of rotatable bonds is 2. The predicted molar refractivity (Wildman–Crippen MR) is 63.8 cm³/mol. The van der Waals surface area contributed by atoms with E-state index in [1.807, 2.05) is 0 Å². The fourth-order valence-corrected chi connectivity index (χ4v) is 2.09. The molecule has 1 aromatic carbocycles. The Hall–Kier alpha value is 0.272. The molecule has 0 amide bonds. The largest absolute Gasteiger partial charge is 0.327 e. The normalized spacial score (nSPS) is 10.0. The zero-order chi connectivity index (χ0) is 10.9. The third-order valence-corrected chi connectivity index (χ3v) is 3.56. The Morgan fingerprint density at radius 2 is 1.07 bits per heavy atom. The molecule has 0 saturated heterocycles. The molecule has 0 saturated carbocycles. The Kier molecular flexibility index (Phi) is 6.23. The van der Waals surface area contributed by atoms with Crippen LogP contribution in [0.15, 0.2) is 0 Å². The van der Waals surface area contributed by atoms with Crippen molar-refractivity contribution >= 4 is 0 Å². The number of hydrogen-bond acceptors (Lipinski definition) is 0. The molecule has 0 aliphatic carbocycles. The molecule has 0 N–H and O–H groups in total.